The van der Waals surface area contributed by atoms with Gasteiger partial charge in [0.2, 0.25) is 5.88 Å². The molecule has 0 aliphatic carbocycles. The molecule has 0 amide bonds. The van der Waals surface area contributed by atoms with Crippen LogP contribution >= 0.6 is 0 Å². The number of halogens is 3. The van der Waals surface area contributed by atoms with Crippen LogP contribution in [0.2, 0.25) is 0 Å². The summed E-state index contributed by atoms with van der Waals surface area (Å²) in [5.74, 6) is 0.993. The fourth-order valence-electron chi connectivity index (χ4n) is 2.69. The van der Waals surface area contributed by atoms with E-state index in [2.05, 4.69) is 10.1 Å². The third-order valence-electron chi connectivity index (χ3n) is 4.62. The third-order valence-corrected chi connectivity index (χ3v) is 4.62. The number of aryl methyl sites for hydroxylation is 2. The number of hydrogen-bond donors (Lipinski definition) is 0. The van der Waals surface area contributed by atoms with Crippen LogP contribution in [-0.4, -0.2) is 34.6 Å². The maximum absolute atomic E-state index is 12.7. The van der Waals surface area contributed by atoms with Gasteiger partial charge in [-0.2, -0.15) is 13.2 Å². The van der Waals surface area contributed by atoms with Crippen molar-refractivity contribution in [2.45, 2.75) is 26.9 Å². The van der Waals surface area contributed by atoms with E-state index in [9.17, 15) is 13.2 Å². The van der Waals surface area contributed by atoms with Gasteiger partial charge in [-0.3, -0.25) is 0 Å². The van der Waals surface area contributed by atoms with E-state index in [1.54, 1.807) is 18.6 Å². The Hall–Kier alpha value is -3.29. The standard InChI is InChI=1S/C22H23F3N4O/c1-5-28(4)14-26-19-12-16(3)20(13-15(19)2)30-21-10-11-29(27-21)18-8-6-17(7-9-18)22(23,24)25/h6-14H,5H2,1-4H3. The Bertz CT molecular complexity index is 1040. The predicted octanol–water partition coefficient (Wildman–Crippen LogP) is 5.91. The van der Waals surface area contributed by atoms with E-state index in [-0.39, 0.29) is 0 Å². The molecule has 0 aliphatic heterocycles. The Morgan fingerprint density at radius 3 is 2.43 bits per heavy atom. The van der Waals surface area contributed by atoms with Crippen molar-refractivity contribution in [3.8, 4) is 17.3 Å². The monoisotopic (exact) mass is 416 g/mol. The summed E-state index contributed by atoms with van der Waals surface area (Å²) in [6, 6.07) is 10.3. The minimum absolute atomic E-state index is 0.347. The van der Waals surface area contributed by atoms with Crippen molar-refractivity contribution >= 4 is 12.0 Å². The molecule has 0 atom stereocenters. The second kappa shape index (κ2) is 8.61. The highest BCUT2D eigenvalue weighted by atomic mass is 19.4. The molecule has 0 fully saturated rings. The average molecular weight is 416 g/mol. The lowest BCUT2D eigenvalue weighted by Gasteiger charge is -2.11. The van der Waals surface area contributed by atoms with Gasteiger partial charge < -0.3 is 9.64 Å². The topological polar surface area (TPSA) is 42.6 Å². The van der Waals surface area contributed by atoms with Crippen molar-refractivity contribution in [3.05, 3.63) is 65.4 Å². The number of alkyl halides is 3. The van der Waals surface area contributed by atoms with E-state index in [0.717, 1.165) is 35.5 Å². The van der Waals surface area contributed by atoms with Crippen molar-refractivity contribution in [3.63, 3.8) is 0 Å². The number of ether oxygens (including phenoxy) is 1. The van der Waals surface area contributed by atoms with Gasteiger partial charge in [0, 0.05) is 25.9 Å². The highest BCUT2D eigenvalue weighted by Gasteiger charge is 2.30. The van der Waals surface area contributed by atoms with Crippen LogP contribution in [0.5, 0.6) is 11.6 Å². The van der Waals surface area contributed by atoms with E-state index in [1.807, 2.05) is 44.9 Å². The van der Waals surface area contributed by atoms with Crippen molar-refractivity contribution in [1.82, 2.24) is 14.7 Å². The van der Waals surface area contributed by atoms with Crippen molar-refractivity contribution in [1.29, 1.82) is 0 Å². The molecule has 0 N–H and O–H groups in total. The number of nitrogens with zero attached hydrogens (tertiary/aromatic N) is 4. The molecule has 0 spiro atoms. The van der Waals surface area contributed by atoms with Gasteiger partial charge in [0.25, 0.3) is 0 Å². The summed E-state index contributed by atoms with van der Waals surface area (Å²) in [6.45, 7) is 6.78. The largest absolute Gasteiger partial charge is 0.437 e. The van der Waals surface area contributed by atoms with E-state index < -0.39 is 11.7 Å². The molecule has 1 heterocycles. The summed E-state index contributed by atoms with van der Waals surface area (Å²) in [6.07, 6.45) is -0.943. The fourth-order valence-corrected chi connectivity index (χ4v) is 2.69. The maximum Gasteiger partial charge on any atom is 0.416 e. The van der Waals surface area contributed by atoms with Crippen LogP contribution in [0, 0.1) is 13.8 Å². The Morgan fingerprint density at radius 2 is 1.80 bits per heavy atom. The number of hydrogen-bond acceptors (Lipinski definition) is 3. The first-order chi connectivity index (χ1) is 14.2. The molecule has 30 heavy (non-hydrogen) atoms. The Kier molecular flexibility index (Phi) is 6.14. The van der Waals surface area contributed by atoms with Crippen LogP contribution in [-0.2, 0) is 6.18 Å². The zero-order chi connectivity index (χ0) is 21.9. The van der Waals surface area contributed by atoms with Gasteiger partial charge in [0.15, 0.2) is 0 Å². The van der Waals surface area contributed by atoms with Gasteiger partial charge >= 0.3 is 6.18 Å². The normalized spacial score (nSPS) is 11.8. The summed E-state index contributed by atoms with van der Waals surface area (Å²) >= 11 is 0. The van der Waals surface area contributed by atoms with E-state index >= 15 is 0 Å². The van der Waals surface area contributed by atoms with Crippen molar-refractivity contribution in [2.75, 3.05) is 13.6 Å². The highest BCUT2D eigenvalue weighted by molar-refractivity contribution is 5.64. The number of benzene rings is 2. The first-order valence-corrected chi connectivity index (χ1v) is 9.44. The van der Waals surface area contributed by atoms with Crippen LogP contribution in [0.4, 0.5) is 18.9 Å². The number of aliphatic imine (C=N–C) groups is 1. The summed E-state index contributed by atoms with van der Waals surface area (Å²) < 4.78 is 45.5. The molecule has 0 saturated carbocycles. The van der Waals surface area contributed by atoms with Crippen LogP contribution in [0.3, 0.4) is 0 Å². The van der Waals surface area contributed by atoms with Gasteiger partial charge in [-0.25, -0.2) is 9.67 Å². The zero-order valence-corrected chi connectivity index (χ0v) is 17.2. The molecule has 3 aromatic rings. The predicted molar refractivity (Wildman–Crippen MR) is 111 cm³/mol. The van der Waals surface area contributed by atoms with Crippen LogP contribution in [0.25, 0.3) is 5.69 Å². The lowest BCUT2D eigenvalue weighted by molar-refractivity contribution is -0.137. The van der Waals surface area contributed by atoms with E-state index in [1.165, 1.54) is 16.8 Å². The summed E-state index contributed by atoms with van der Waals surface area (Å²) in [4.78, 5) is 6.48. The van der Waals surface area contributed by atoms with Crippen LogP contribution < -0.4 is 4.74 Å². The molecule has 0 bridgehead atoms. The van der Waals surface area contributed by atoms with E-state index in [4.69, 9.17) is 4.74 Å². The molecule has 0 radical (unpaired) electrons. The average Bonchev–Trinajstić information content (AvgIpc) is 3.17. The molecule has 2 aromatic carbocycles. The molecule has 5 nitrogen and oxygen atoms in total. The molecular weight excluding hydrogens is 393 g/mol. The Morgan fingerprint density at radius 1 is 1.10 bits per heavy atom. The molecule has 8 heteroatoms. The smallest absolute Gasteiger partial charge is 0.416 e. The lowest BCUT2D eigenvalue weighted by Crippen LogP contribution is -2.14. The first kappa shape index (κ1) is 21.4. The van der Waals surface area contributed by atoms with Gasteiger partial charge in [0.05, 0.1) is 23.3 Å². The first-order valence-electron chi connectivity index (χ1n) is 9.44. The van der Waals surface area contributed by atoms with Crippen LogP contribution in [0.1, 0.15) is 23.6 Å². The molecular formula is C22H23F3N4O. The summed E-state index contributed by atoms with van der Waals surface area (Å²) in [5.41, 5.74) is 2.52. The summed E-state index contributed by atoms with van der Waals surface area (Å²) in [7, 11) is 1.95. The zero-order valence-electron chi connectivity index (χ0n) is 17.2. The Labute approximate surface area is 173 Å². The quantitative estimate of drug-likeness (QED) is 0.370. The SMILES string of the molecule is CCN(C)C=Nc1cc(C)c(Oc2ccn(-c3ccc(C(F)(F)F)cc3)n2)cc1C. The van der Waals surface area contributed by atoms with E-state index in [0.29, 0.717) is 17.3 Å². The second-order valence-electron chi connectivity index (χ2n) is 6.97. The molecule has 158 valence electrons. The highest BCUT2D eigenvalue weighted by Crippen LogP contribution is 2.32. The number of aromatic nitrogens is 2. The molecule has 0 aliphatic rings. The Balaban J connectivity index is 1.77. The van der Waals surface area contributed by atoms with Crippen LogP contribution in [0.15, 0.2) is 53.7 Å². The second-order valence-corrected chi connectivity index (χ2v) is 6.97. The summed E-state index contributed by atoms with van der Waals surface area (Å²) in [5, 5.41) is 4.31. The number of rotatable bonds is 6. The van der Waals surface area contributed by atoms with Gasteiger partial charge in [-0.15, -0.1) is 5.10 Å². The minimum atomic E-state index is -4.37. The molecule has 3 rings (SSSR count). The molecule has 0 saturated heterocycles. The minimum Gasteiger partial charge on any atom is -0.437 e. The van der Waals surface area contributed by atoms with Crippen molar-refractivity contribution < 1.29 is 17.9 Å². The fraction of sp³-hybridized carbons (Fsp3) is 0.273. The van der Waals surface area contributed by atoms with Gasteiger partial charge in [-0.05, 0) is 68.3 Å². The van der Waals surface area contributed by atoms with Gasteiger partial charge in [0.1, 0.15) is 5.75 Å². The van der Waals surface area contributed by atoms with Gasteiger partial charge in [-0.1, -0.05) is 0 Å². The maximum atomic E-state index is 12.7. The molecule has 0 unspecified atom stereocenters. The lowest BCUT2D eigenvalue weighted by atomic mass is 10.1. The van der Waals surface area contributed by atoms with Crippen molar-refractivity contribution in [2.24, 2.45) is 4.99 Å². The third kappa shape index (κ3) is 5.00. The molecule has 1 aromatic heterocycles.